The van der Waals surface area contributed by atoms with Crippen LogP contribution in [0.4, 0.5) is 0 Å². The number of ketones is 1. The lowest BCUT2D eigenvalue weighted by molar-refractivity contribution is -0.0165. The van der Waals surface area contributed by atoms with Gasteiger partial charge in [0.05, 0.1) is 17.7 Å². The van der Waals surface area contributed by atoms with Crippen molar-refractivity contribution in [3.63, 3.8) is 0 Å². The number of carbonyl (C=O) groups is 1. The summed E-state index contributed by atoms with van der Waals surface area (Å²) in [4.78, 5) is 19.5. The van der Waals surface area contributed by atoms with Crippen LogP contribution in [-0.4, -0.2) is 29.2 Å². The van der Waals surface area contributed by atoms with Crippen LogP contribution in [-0.2, 0) is 24.4 Å². The minimum absolute atomic E-state index is 0.150. The second-order valence-electron chi connectivity index (χ2n) is 8.07. The molecule has 8 heteroatoms. The summed E-state index contributed by atoms with van der Waals surface area (Å²) < 4.78 is 23.1. The standard InChI is InChI=1S/C25H19ClN2O5/c26-18-6-16(24-17(7-18)12-30-14-32-24)8-22-23(29)19-3-4-21-20(25(19)33-22)11-28(13-31-21)10-15-2-1-5-27-9-15/h1-9H,10-14H2/b22-8-. The Bertz CT molecular complexity index is 1290. The van der Waals surface area contributed by atoms with Gasteiger partial charge in [0, 0.05) is 41.6 Å². The number of allylic oxidation sites excluding steroid dienone is 1. The minimum atomic E-state index is -0.182. The average molecular weight is 463 g/mol. The lowest BCUT2D eigenvalue weighted by Gasteiger charge is -2.29. The van der Waals surface area contributed by atoms with Crippen LogP contribution in [0.25, 0.3) is 6.08 Å². The van der Waals surface area contributed by atoms with E-state index in [1.54, 1.807) is 30.5 Å². The molecule has 3 aliphatic heterocycles. The van der Waals surface area contributed by atoms with Crippen molar-refractivity contribution >= 4 is 23.5 Å². The van der Waals surface area contributed by atoms with Gasteiger partial charge >= 0.3 is 0 Å². The lowest BCUT2D eigenvalue weighted by Crippen LogP contribution is -2.31. The number of pyridine rings is 1. The van der Waals surface area contributed by atoms with E-state index in [9.17, 15) is 4.79 Å². The first-order valence-electron chi connectivity index (χ1n) is 10.5. The van der Waals surface area contributed by atoms with Crippen molar-refractivity contribution in [2.24, 2.45) is 0 Å². The topological polar surface area (TPSA) is 70.1 Å². The summed E-state index contributed by atoms with van der Waals surface area (Å²) in [5.74, 6) is 1.96. The molecule has 2 aromatic carbocycles. The minimum Gasteiger partial charge on any atom is -0.478 e. The highest BCUT2D eigenvalue weighted by molar-refractivity contribution is 6.31. The number of Topliss-reactive ketones (excluding diaryl/α,β-unsaturated/α-hetero) is 1. The predicted octanol–water partition coefficient (Wildman–Crippen LogP) is 4.57. The Morgan fingerprint density at radius 1 is 1.15 bits per heavy atom. The first kappa shape index (κ1) is 20.2. The van der Waals surface area contributed by atoms with Gasteiger partial charge in [-0.25, -0.2) is 0 Å². The number of benzene rings is 2. The first-order chi connectivity index (χ1) is 16.2. The number of ether oxygens (including phenoxy) is 4. The molecule has 166 valence electrons. The van der Waals surface area contributed by atoms with Crippen molar-refractivity contribution in [3.8, 4) is 17.2 Å². The van der Waals surface area contributed by atoms with Crippen molar-refractivity contribution in [3.05, 3.63) is 87.4 Å². The van der Waals surface area contributed by atoms with E-state index >= 15 is 0 Å². The zero-order valence-electron chi connectivity index (χ0n) is 17.5. The molecule has 7 nitrogen and oxygen atoms in total. The second kappa shape index (κ2) is 8.19. The molecule has 0 unspecified atom stereocenters. The normalized spacial score (nSPS) is 18.1. The van der Waals surface area contributed by atoms with Gasteiger partial charge in [0.2, 0.25) is 5.78 Å². The molecule has 0 spiro atoms. The Morgan fingerprint density at radius 3 is 2.97 bits per heavy atom. The number of halogens is 1. The van der Waals surface area contributed by atoms with Gasteiger partial charge in [-0.05, 0) is 42.0 Å². The maximum atomic E-state index is 13.2. The summed E-state index contributed by atoms with van der Waals surface area (Å²) >= 11 is 6.28. The molecule has 0 fully saturated rings. The van der Waals surface area contributed by atoms with Crippen molar-refractivity contribution in [1.82, 2.24) is 9.88 Å². The van der Waals surface area contributed by atoms with Gasteiger partial charge in [0.25, 0.3) is 0 Å². The Kier molecular flexibility index (Phi) is 5.02. The fraction of sp³-hybridized carbons (Fsp3) is 0.200. The highest BCUT2D eigenvalue weighted by Gasteiger charge is 2.34. The zero-order chi connectivity index (χ0) is 22.4. The Balaban J connectivity index is 1.32. The number of carbonyl (C=O) groups excluding carboxylic acids is 1. The van der Waals surface area contributed by atoms with E-state index in [-0.39, 0.29) is 18.3 Å². The van der Waals surface area contributed by atoms with E-state index in [0.29, 0.717) is 54.1 Å². The van der Waals surface area contributed by atoms with Crippen LogP contribution in [0.2, 0.25) is 5.02 Å². The molecule has 0 aliphatic carbocycles. The summed E-state index contributed by atoms with van der Waals surface area (Å²) in [5, 5.41) is 0.537. The summed E-state index contributed by atoms with van der Waals surface area (Å²) in [6.45, 7) is 2.28. The molecule has 3 aliphatic rings. The van der Waals surface area contributed by atoms with Crippen LogP contribution in [0.1, 0.15) is 32.6 Å². The van der Waals surface area contributed by atoms with Gasteiger partial charge in [-0.3, -0.25) is 14.7 Å². The van der Waals surface area contributed by atoms with Gasteiger partial charge in [0.15, 0.2) is 12.6 Å². The van der Waals surface area contributed by atoms with Crippen LogP contribution < -0.4 is 14.2 Å². The van der Waals surface area contributed by atoms with Crippen LogP contribution in [0, 0.1) is 0 Å². The second-order valence-corrected chi connectivity index (χ2v) is 8.51. The van der Waals surface area contributed by atoms with Crippen molar-refractivity contribution in [2.45, 2.75) is 19.7 Å². The zero-order valence-corrected chi connectivity index (χ0v) is 18.3. The van der Waals surface area contributed by atoms with Gasteiger partial charge in [-0.2, -0.15) is 0 Å². The van der Waals surface area contributed by atoms with Crippen LogP contribution >= 0.6 is 11.6 Å². The van der Waals surface area contributed by atoms with Crippen LogP contribution in [0.15, 0.2) is 54.6 Å². The van der Waals surface area contributed by atoms with Crippen LogP contribution in [0.3, 0.4) is 0 Å². The molecule has 0 bridgehead atoms. The maximum Gasteiger partial charge on any atom is 0.231 e. The monoisotopic (exact) mass is 462 g/mol. The third kappa shape index (κ3) is 3.74. The highest BCUT2D eigenvalue weighted by Crippen LogP contribution is 2.43. The van der Waals surface area contributed by atoms with E-state index in [2.05, 4.69) is 9.88 Å². The Hall–Kier alpha value is -3.39. The van der Waals surface area contributed by atoms with Gasteiger partial charge < -0.3 is 18.9 Å². The molecule has 1 aromatic heterocycles. The number of nitrogens with zero attached hydrogens (tertiary/aromatic N) is 2. The van der Waals surface area contributed by atoms with E-state index in [4.69, 9.17) is 30.5 Å². The molecule has 0 saturated heterocycles. The molecule has 0 atom stereocenters. The molecule has 3 aromatic rings. The smallest absolute Gasteiger partial charge is 0.231 e. The molecule has 0 radical (unpaired) electrons. The van der Waals surface area contributed by atoms with E-state index in [0.717, 1.165) is 22.4 Å². The van der Waals surface area contributed by atoms with Crippen molar-refractivity contribution < 1.29 is 23.7 Å². The van der Waals surface area contributed by atoms with Gasteiger partial charge in [0.1, 0.15) is 24.0 Å². The summed E-state index contributed by atoms with van der Waals surface area (Å²) in [5.41, 5.74) is 3.98. The molecule has 6 rings (SSSR count). The van der Waals surface area contributed by atoms with Crippen molar-refractivity contribution in [2.75, 3.05) is 13.5 Å². The largest absolute Gasteiger partial charge is 0.478 e. The third-order valence-corrected chi connectivity index (χ3v) is 6.02. The third-order valence-electron chi connectivity index (χ3n) is 5.80. The first-order valence-corrected chi connectivity index (χ1v) is 10.9. The number of rotatable bonds is 3. The average Bonchev–Trinajstić information content (AvgIpc) is 3.15. The molecule has 4 heterocycles. The number of aromatic nitrogens is 1. The van der Waals surface area contributed by atoms with E-state index < -0.39 is 0 Å². The molecule has 33 heavy (non-hydrogen) atoms. The molecular weight excluding hydrogens is 444 g/mol. The van der Waals surface area contributed by atoms with Gasteiger partial charge in [-0.15, -0.1) is 0 Å². The summed E-state index contributed by atoms with van der Waals surface area (Å²) in [6.07, 6.45) is 5.27. The van der Waals surface area contributed by atoms with E-state index in [1.165, 1.54) is 0 Å². The number of hydrogen-bond donors (Lipinski definition) is 0. The quantitative estimate of drug-likeness (QED) is 0.528. The Morgan fingerprint density at radius 2 is 2.09 bits per heavy atom. The predicted molar refractivity (Wildman–Crippen MR) is 120 cm³/mol. The molecule has 0 N–H and O–H groups in total. The molecular formula is C25H19ClN2O5. The summed E-state index contributed by atoms with van der Waals surface area (Å²) in [7, 11) is 0. The fourth-order valence-corrected chi connectivity index (χ4v) is 4.56. The van der Waals surface area contributed by atoms with Crippen LogP contribution in [0.5, 0.6) is 17.2 Å². The summed E-state index contributed by atoms with van der Waals surface area (Å²) in [6, 6.07) is 11.1. The molecule has 0 amide bonds. The SMILES string of the molecule is O=C1/C(=C/c2cc(Cl)cc3c2OCOC3)Oc2c1ccc1c2CN(Cc2cccnc2)CO1. The number of fused-ring (bicyclic) bond motifs is 4. The van der Waals surface area contributed by atoms with E-state index in [1.807, 2.05) is 24.4 Å². The fourth-order valence-electron chi connectivity index (χ4n) is 4.31. The maximum absolute atomic E-state index is 13.2. The number of hydrogen-bond acceptors (Lipinski definition) is 7. The highest BCUT2D eigenvalue weighted by atomic mass is 35.5. The Labute approximate surface area is 195 Å². The van der Waals surface area contributed by atoms with Gasteiger partial charge in [-0.1, -0.05) is 17.7 Å². The lowest BCUT2D eigenvalue weighted by atomic mass is 10.0. The molecule has 0 saturated carbocycles. The van der Waals surface area contributed by atoms with Crippen molar-refractivity contribution in [1.29, 1.82) is 0 Å².